The zero-order valence-corrected chi connectivity index (χ0v) is 23.3. The van der Waals surface area contributed by atoms with Gasteiger partial charge in [0.15, 0.2) is 0 Å². The van der Waals surface area contributed by atoms with Gasteiger partial charge in [0.2, 0.25) is 0 Å². The Morgan fingerprint density at radius 3 is 1.68 bits per heavy atom. The normalized spacial score (nSPS) is 11.9. The molecule has 0 bridgehead atoms. The lowest BCUT2D eigenvalue weighted by atomic mass is 9.80. The summed E-state index contributed by atoms with van der Waals surface area (Å²) in [5.41, 5.74) is 0.258. The minimum atomic E-state index is -0.520. The molecule has 0 saturated carbocycles. The molecule has 204 valence electrons. The van der Waals surface area contributed by atoms with Crippen molar-refractivity contribution in [2.75, 3.05) is 26.4 Å². The standard InChI is InChI=1S/C32H46O5/c1-31(2,29(33)26-27-16-7-5-8-17-27)20-11-13-22-35-24-15-25-36-23-14-12-21-32(3,4)30(34)37-28-18-9-6-10-19-28/h5-10,16-19H,11-15,20-26H2,1-4H3. The summed E-state index contributed by atoms with van der Waals surface area (Å²) < 4.78 is 16.9. The summed E-state index contributed by atoms with van der Waals surface area (Å²) in [5, 5.41) is 0. The molecule has 0 radical (unpaired) electrons. The van der Waals surface area contributed by atoms with Gasteiger partial charge in [0.25, 0.3) is 0 Å². The van der Waals surface area contributed by atoms with Gasteiger partial charge >= 0.3 is 5.97 Å². The second kappa shape index (κ2) is 16.4. The maximum absolute atomic E-state index is 12.6. The number of carbonyl (C=O) groups excluding carboxylic acids is 2. The van der Waals surface area contributed by atoms with E-state index in [1.165, 1.54) is 0 Å². The number of hydrogen-bond donors (Lipinski definition) is 0. The van der Waals surface area contributed by atoms with Crippen LogP contribution in [0.15, 0.2) is 60.7 Å². The van der Waals surface area contributed by atoms with Gasteiger partial charge in [0, 0.05) is 38.3 Å². The number of para-hydroxylation sites is 1. The second-order valence-corrected chi connectivity index (χ2v) is 11.0. The summed E-state index contributed by atoms with van der Waals surface area (Å²) in [7, 11) is 0. The zero-order valence-electron chi connectivity index (χ0n) is 23.3. The number of esters is 1. The van der Waals surface area contributed by atoms with E-state index in [1.807, 2.05) is 76.2 Å². The fraction of sp³-hybridized carbons (Fsp3) is 0.562. The largest absolute Gasteiger partial charge is 0.426 e. The van der Waals surface area contributed by atoms with Gasteiger partial charge < -0.3 is 14.2 Å². The summed E-state index contributed by atoms with van der Waals surface area (Å²) in [4.78, 5) is 25.1. The van der Waals surface area contributed by atoms with Gasteiger partial charge in [-0.05, 0) is 63.6 Å². The first kappa shape index (κ1) is 30.7. The molecule has 0 saturated heterocycles. The fourth-order valence-electron chi connectivity index (χ4n) is 4.01. The number of hydrogen-bond acceptors (Lipinski definition) is 5. The molecule has 0 unspecified atom stereocenters. The van der Waals surface area contributed by atoms with E-state index in [2.05, 4.69) is 0 Å². The molecule has 2 aromatic rings. The molecule has 0 heterocycles. The summed E-state index contributed by atoms with van der Waals surface area (Å²) in [6.45, 7) is 10.7. The molecular formula is C32H46O5. The van der Waals surface area contributed by atoms with Gasteiger partial charge in [-0.2, -0.15) is 0 Å². The fourth-order valence-corrected chi connectivity index (χ4v) is 4.01. The third kappa shape index (κ3) is 12.5. The topological polar surface area (TPSA) is 61.8 Å². The van der Waals surface area contributed by atoms with Crippen molar-refractivity contribution in [3.05, 3.63) is 66.2 Å². The smallest absolute Gasteiger partial charge is 0.316 e. The Kier molecular flexibility index (Phi) is 13.6. The minimum absolute atomic E-state index is 0.195. The number of unbranched alkanes of at least 4 members (excludes halogenated alkanes) is 2. The Labute approximate surface area is 223 Å². The summed E-state index contributed by atoms with van der Waals surface area (Å²) in [6.07, 6.45) is 6.80. The predicted octanol–water partition coefficient (Wildman–Crippen LogP) is 7.22. The van der Waals surface area contributed by atoms with Crippen LogP contribution in [0.4, 0.5) is 0 Å². The van der Waals surface area contributed by atoms with Crippen LogP contribution in [0.5, 0.6) is 5.75 Å². The molecule has 0 amide bonds. The molecule has 2 rings (SSSR count). The number of ketones is 1. The van der Waals surface area contributed by atoms with E-state index in [0.717, 1.165) is 57.1 Å². The zero-order chi connectivity index (χ0) is 27.0. The molecule has 0 spiro atoms. The monoisotopic (exact) mass is 510 g/mol. The number of carbonyl (C=O) groups is 2. The molecule has 0 fully saturated rings. The van der Waals surface area contributed by atoms with Crippen molar-refractivity contribution in [1.82, 2.24) is 0 Å². The van der Waals surface area contributed by atoms with Crippen molar-refractivity contribution in [1.29, 1.82) is 0 Å². The van der Waals surface area contributed by atoms with Crippen molar-refractivity contribution in [3.8, 4) is 5.75 Å². The minimum Gasteiger partial charge on any atom is -0.426 e. The quantitative estimate of drug-likeness (QED) is 0.113. The average Bonchev–Trinajstić information content (AvgIpc) is 2.88. The highest BCUT2D eigenvalue weighted by molar-refractivity contribution is 5.86. The van der Waals surface area contributed by atoms with Crippen molar-refractivity contribution in [2.45, 2.75) is 79.1 Å². The Morgan fingerprint density at radius 1 is 0.622 bits per heavy atom. The van der Waals surface area contributed by atoms with Crippen molar-refractivity contribution >= 4 is 11.8 Å². The first-order chi connectivity index (χ1) is 17.7. The molecule has 37 heavy (non-hydrogen) atoms. The summed E-state index contributed by atoms with van der Waals surface area (Å²) in [6, 6.07) is 19.2. The highest BCUT2D eigenvalue weighted by Gasteiger charge is 2.29. The third-order valence-electron chi connectivity index (χ3n) is 6.73. The van der Waals surface area contributed by atoms with E-state index in [9.17, 15) is 9.59 Å². The van der Waals surface area contributed by atoms with Crippen LogP contribution in [0.1, 0.15) is 78.2 Å². The van der Waals surface area contributed by atoms with E-state index in [4.69, 9.17) is 14.2 Å². The van der Waals surface area contributed by atoms with Crippen LogP contribution in [-0.4, -0.2) is 38.2 Å². The predicted molar refractivity (Wildman–Crippen MR) is 149 cm³/mol. The Balaban J connectivity index is 1.42. The molecule has 5 nitrogen and oxygen atoms in total. The molecule has 0 aliphatic carbocycles. The van der Waals surface area contributed by atoms with Crippen LogP contribution in [0.3, 0.4) is 0 Å². The summed E-state index contributed by atoms with van der Waals surface area (Å²) in [5.74, 6) is 0.690. The lowest BCUT2D eigenvalue weighted by molar-refractivity contribution is -0.144. The van der Waals surface area contributed by atoms with Crippen LogP contribution < -0.4 is 4.74 Å². The molecule has 0 aliphatic heterocycles. The van der Waals surface area contributed by atoms with Gasteiger partial charge in [-0.25, -0.2) is 0 Å². The molecule has 0 aliphatic rings. The maximum Gasteiger partial charge on any atom is 0.316 e. The Hall–Kier alpha value is -2.50. The van der Waals surface area contributed by atoms with E-state index in [1.54, 1.807) is 12.1 Å². The van der Waals surface area contributed by atoms with Gasteiger partial charge in [0.1, 0.15) is 11.5 Å². The molecule has 2 aromatic carbocycles. The molecular weight excluding hydrogens is 464 g/mol. The Morgan fingerprint density at radius 2 is 1.11 bits per heavy atom. The highest BCUT2D eigenvalue weighted by atomic mass is 16.5. The van der Waals surface area contributed by atoms with Crippen molar-refractivity contribution in [3.63, 3.8) is 0 Å². The van der Waals surface area contributed by atoms with Gasteiger partial charge in [-0.3, -0.25) is 9.59 Å². The molecule has 5 heteroatoms. The molecule has 0 atom stereocenters. The van der Waals surface area contributed by atoms with Crippen LogP contribution in [0.2, 0.25) is 0 Å². The second-order valence-electron chi connectivity index (χ2n) is 11.0. The van der Waals surface area contributed by atoms with Crippen LogP contribution in [-0.2, 0) is 25.5 Å². The van der Waals surface area contributed by atoms with Crippen LogP contribution >= 0.6 is 0 Å². The average molecular weight is 511 g/mol. The first-order valence-corrected chi connectivity index (χ1v) is 13.7. The van der Waals surface area contributed by atoms with E-state index in [-0.39, 0.29) is 11.4 Å². The molecule has 0 N–H and O–H groups in total. The number of ether oxygens (including phenoxy) is 3. The van der Waals surface area contributed by atoms with E-state index >= 15 is 0 Å². The SMILES string of the molecule is CC(C)(CCCCOCCCOCCCCC(C)(C)C(=O)Oc1ccccc1)C(=O)Cc1ccccc1. The number of benzene rings is 2. The Bertz CT molecular complexity index is 830. The first-order valence-electron chi connectivity index (χ1n) is 13.7. The number of rotatable bonds is 19. The van der Waals surface area contributed by atoms with Crippen LogP contribution in [0, 0.1) is 10.8 Å². The van der Waals surface area contributed by atoms with Crippen molar-refractivity contribution < 1.29 is 23.8 Å². The van der Waals surface area contributed by atoms with Gasteiger partial charge in [-0.1, -0.05) is 75.2 Å². The lowest BCUT2D eigenvalue weighted by Gasteiger charge is -2.23. The maximum atomic E-state index is 12.6. The molecule has 0 aromatic heterocycles. The van der Waals surface area contributed by atoms with Gasteiger partial charge in [0.05, 0.1) is 5.41 Å². The van der Waals surface area contributed by atoms with Crippen molar-refractivity contribution in [2.24, 2.45) is 10.8 Å². The lowest BCUT2D eigenvalue weighted by Crippen LogP contribution is -2.29. The third-order valence-corrected chi connectivity index (χ3v) is 6.73. The summed E-state index contributed by atoms with van der Waals surface area (Å²) >= 11 is 0. The van der Waals surface area contributed by atoms with Gasteiger partial charge in [-0.15, -0.1) is 0 Å². The highest BCUT2D eigenvalue weighted by Crippen LogP contribution is 2.27. The number of Topliss-reactive ketones (excluding diaryl/α,β-unsaturated/α-hetero) is 1. The van der Waals surface area contributed by atoms with E-state index in [0.29, 0.717) is 37.8 Å². The van der Waals surface area contributed by atoms with E-state index < -0.39 is 5.41 Å². The van der Waals surface area contributed by atoms with Crippen LogP contribution in [0.25, 0.3) is 0 Å².